The molecule has 7 nitrogen and oxygen atoms in total. The lowest BCUT2D eigenvalue weighted by Crippen LogP contribution is -2.37. The number of hydrogen-bond acceptors (Lipinski definition) is 5. The third-order valence-electron chi connectivity index (χ3n) is 6.57. The number of nitrogen functional groups attached to an aromatic ring is 1. The molecule has 0 aliphatic carbocycles. The van der Waals surface area contributed by atoms with Crippen molar-refractivity contribution >= 4 is 30.1 Å². The molecular weight excluding hydrogens is 490 g/mol. The largest absolute Gasteiger partial charge is 0.491 e. The number of ether oxygens (including phenoxy) is 2. The molecule has 37 heavy (non-hydrogen) atoms. The Bertz CT molecular complexity index is 1230. The average molecular weight is 522 g/mol. The topological polar surface area (TPSA) is 106 Å². The first-order chi connectivity index (χ1) is 17.3. The Morgan fingerprint density at radius 2 is 1.59 bits per heavy atom. The smallest absolute Gasteiger partial charge is 0.306 e. The van der Waals surface area contributed by atoms with Crippen LogP contribution in [0.2, 0.25) is 0 Å². The number of hydrogen-bond donors (Lipinski definition) is 2. The van der Waals surface area contributed by atoms with Gasteiger partial charge in [0.1, 0.15) is 18.2 Å². The molecule has 4 rings (SSSR count). The molecule has 3 N–H and O–H groups in total. The molecule has 1 fully saturated rings. The Labute approximate surface area is 223 Å². The van der Waals surface area contributed by atoms with E-state index < -0.39 is 5.92 Å². The van der Waals surface area contributed by atoms with Gasteiger partial charge in [-0.05, 0) is 42.2 Å². The van der Waals surface area contributed by atoms with Crippen molar-refractivity contribution in [1.29, 1.82) is 5.41 Å². The van der Waals surface area contributed by atoms with Crippen LogP contribution in [0, 0.1) is 18.3 Å². The highest BCUT2D eigenvalue weighted by molar-refractivity contribution is 5.95. The van der Waals surface area contributed by atoms with Crippen LogP contribution in [0.5, 0.6) is 5.75 Å². The zero-order valence-electron chi connectivity index (χ0n) is 21.0. The number of nitrogens with two attached hydrogens (primary N) is 1. The van der Waals surface area contributed by atoms with Crippen molar-refractivity contribution in [3.63, 3.8) is 0 Å². The summed E-state index contributed by atoms with van der Waals surface area (Å²) in [4.78, 5) is 26.8. The molecule has 0 bridgehead atoms. The lowest BCUT2D eigenvalue weighted by Gasteiger charge is -2.25. The summed E-state index contributed by atoms with van der Waals surface area (Å²) in [5, 5.41) is 7.52. The lowest BCUT2D eigenvalue weighted by atomic mass is 10.0. The minimum Gasteiger partial charge on any atom is -0.491 e. The first-order valence-electron chi connectivity index (χ1n) is 11.9. The van der Waals surface area contributed by atoms with E-state index in [4.69, 9.17) is 20.6 Å². The number of methoxy groups -OCH3 is 1. The van der Waals surface area contributed by atoms with E-state index in [-0.39, 0.29) is 42.6 Å². The van der Waals surface area contributed by atoms with Crippen LogP contribution in [0.3, 0.4) is 0 Å². The van der Waals surface area contributed by atoms with Gasteiger partial charge in [-0.15, -0.1) is 12.4 Å². The minimum atomic E-state index is -0.406. The van der Waals surface area contributed by atoms with E-state index in [0.29, 0.717) is 30.9 Å². The van der Waals surface area contributed by atoms with Gasteiger partial charge in [0.25, 0.3) is 0 Å². The fourth-order valence-corrected chi connectivity index (χ4v) is 4.46. The van der Waals surface area contributed by atoms with Gasteiger partial charge in [0.2, 0.25) is 5.91 Å². The molecule has 0 aromatic heterocycles. The summed E-state index contributed by atoms with van der Waals surface area (Å²) in [6.07, 6.45) is 0.619. The molecule has 8 heteroatoms. The summed E-state index contributed by atoms with van der Waals surface area (Å²) in [5.41, 5.74) is 10.5. The van der Waals surface area contributed by atoms with Crippen LogP contribution in [0.15, 0.2) is 72.8 Å². The predicted molar refractivity (Wildman–Crippen MR) is 146 cm³/mol. The molecule has 194 valence electrons. The van der Waals surface area contributed by atoms with Crippen LogP contribution < -0.4 is 10.5 Å². The molecule has 0 unspecified atom stereocenters. The number of likely N-dealkylation sites (tertiary alicyclic amines) is 1. The van der Waals surface area contributed by atoms with Gasteiger partial charge in [-0.25, -0.2) is 0 Å². The molecule has 1 aliphatic heterocycles. The maximum Gasteiger partial charge on any atom is 0.306 e. The number of benzene rings is 3. The molecule has 0 radical (unpaired) electrons. The molecule has 0 spiro atoms. The van der Waals surface area contributed by atoms with Gasteiger partial charge >= 0.3 is 5.97 Å². The fraction of sp³-hybridized carbons (Fsp3) is 0.276. The van der Waals surface area contributed by atoms with Gasteiger partial charge < -0.3 is 20.1 Å². The van der Waals surface area contributed by atoms with Gasteiger partial charge in [-0.3, -0.25) is 15.0 Å². The van der Waals surface area contributed by atoms with Crippen molar-refractivity contribution in [2.24, 2.45) is 11.7 Å². The zero-order valence-corrected chi connectivity index (χ0v) is 21.8. The van der Waals surface area contributed by atoms with Crippen LogP contribution in [-0.4, -0.2) is 42.4 Å². The third-order valence-corrected chi connectivity index (χ3v) is 6.57. The number of nitrogens with one attached hydrogen (secondary N) is 1. The van der Waals surface area contributed by atoms with Crippen LogP contribution in [0.1, 0.15) is 29.5 Å². The zero-order chi connectivity index (χ0) is 25.7. The van der Waals surface area contributed by atoms with E-state index in [1.54, 1.807) is 0 Å². The average Bonchev–Trinajstić information content (AvgIpc) is 3.18. The van der Waals surface area contributed by atoms with Crippen LogP contribution >= 0.6 is 12.4 Å². The molecule has 1 saturated heterocycles. The third kappa shape index (κ3) is 6.89. The molecule has 3 aromatic rings. The maximum absolute atomic E-state index is 13.2. The van der Waals surface area contributed by atoms with Gasteiger partial charge in [-0.2, -0.15) is 0 Å². The number of amides is 1. The van der Waals surface area contributed by atoms with Crippen molar-refractivity contribution < 1.29 is 19.1 Å². The first kappa shape index (κ1) is 27.7. The van der Waals surface area contributed by atoms with Crippen molar-refractivity contribution in [3.8, 4) is 16.9 Å². The molecule has 2 atom stereocenters. The quantitative estimate of drug-likeness (QED) is 0.240. The molecule has 1 heterocycles. The van der Waals surface area contributed by atoms with Crippen molar-refractivity contribution in [2.75, 3.05) is 13.7 Å². The highest BCUT2D eigenvalue weighted by Crippen LogP contribution is 2.30. The van der Waals surface area contributed by atoms with Gasteiger partial charge in [-0.1, -0.05) is 66.2 Å². The molecule has 0 saturated carbocycles. The van der Waals surface area contributed by atoms with E-state index in [9.17, 15) is 9.59 Å². The van der Waals surface area contributed by atoms with Crippen molar-refractivity contribution in [2.45, 2.75) is 32.4 Å². The van der Waals surface area contributed by atoms with Gasteiger partial charge in [0.15, 0.2) is 0 Å². The number of amidine groups is 1. The number of rotatable bonds is 9. The first-order valence-corrected chi connectivity index (χ1v) is 11.9. The Kier molecular flexibility index (Phi) is 9.31. The Morgan fingerprint density at radius 3 is 2.16 bits per heavy atom. The van der Waals surface area contributed by atoms with Crippen molar-refractivity contribution in [3.05, 3.63) is 89.5 Å². The number of nitrogens with zero attached hydrogens (tertiary/aromatic N) is 1. The lowest BCUT2D eigenvalue weighted by molar-refractivity contribution is -0.145. The predicted octanol–water partition coefficient (Wildman–Crippen LogP) is 4.73. The van der Waals surface area contributed by atoms with E-state index in [0.717, 1.165) is 22.3 Å². The Hall–Kier alpha value is -3.84. The summed E-state index contributed by atoms with van der Waals surface area (Å²) >= 11 is 0. The number of carbonyl (C=O) groups excluding carboxylic acids is 2. The second kappa shape index (κ2) is 12.4. The number of aryl methyl sites for hydroxylation is 1. The molecule has 1 amide bonds. The minimum absolute atomic E-state index is 0. The van der Waals surface area contributed by atoms with Gasteiger partial charge in [0, 0.05) is 12.1 Å². The van der Waals surface area contributed by atoms with Crippen LogP contribution in [0.4, 0.5) is 0 Å². The van der Waals surface area contributed by atoms with E-state index in [1.165, 1.54) is 7.11 Å². The van der Waals surface area contributed by atoms with Crippen LogP contribution in [0.25, 0.3) is 11.1 Å². The second-order valence-corrected chi connectivity index (χ2v) is 9.14. The monoisotopic (exact) mass is 521 g/mol. The van der Waals surface area contributed by atoms with Crippen LogP contribution in [-0.2, 0) is 20.9 Å². The summed E-state index contributed by atoms with van der Waals surface area (Å²) in [6.45, 7) is 2.84. The maximum atomic E-state index is 13.2. The Morgan fingerprint density at radius 1 is 1.00 bits per heavy atom. The normalized spacial score (nSPS) is 16.7. The molecular formula is C29H32ClN3O4. The van der Waals surface area contributed by atoms with Gasteiger partial charge in [0.05, 0.1) is 25.5 Å². The Balaban J connectivity index is 0.00000380. The summed E-state index contributed by atoms with van der Waals surface area (Å²) in [6, 6.07) is 23.2. The highest BCUT2D eigenvalue weighted by atomic mass is 35.5. The SMILES string of the molecule is COC(=O)C[C@@H]1C[C@@H](COc2ccc(-c3ccc(C(=N)N)cc3)cc2)N(Cc2ccc(C)cc2)C1=O.Cl. The summed E-state index contributed by atoms with van der Waals surface area (Å²) in [7, 11) is 1.34. The second-order valence-electron chi connectivity index (χ2n) is 9.14. The standard InChI is InChI=1S/C29H31N3O4.ClH/c1-19-3-5-20(6-4-19)17-32-25(15-24(29(32)34)16-27(33)35-2)18-36-26-13-11-22(12-14-26)21-7-9-23(10-8-21)28(30)31;/h3-14,24-25H,15-18H2,1-2H3,(H3,30,31);1H/t24-,25-;/m0./s1. The van der Waals surface area contributed by atoms with E-state index >= 15 is 0 Å². The summed E-state index contributed by atoms with van der Waals surface area (Å²) in [5.74, 6) is -0.0768. The number of halogens is 1. The fourth-order valence-electron chi connectivity index (χ4n) is 4.46. The van der Waals surface area contributed by atoms with E-state index in [2.05, 4.69) is 0 Å². The number of carbonyl (C=O) groups is 2. The molecule has 1 aliphatic rings. The van der Waals surface area contributed by atoms with E-state index in [1.807, 2.05) is 84.6 Å². The van der Waals surface area contributed by atoms with Crippen molar-refractivity contribution in [1.82, 2.24) is 4.90 Å². The summed E-state index contributed by atoms with van der Waals surface area (Å²) < 4.78 is 10.9. The molecule has 3 aromatic carbocycles. The highest BCUT2D eigenvalue weighted by Gasteiger charge is 2.40. The number of esters is 1.